The summed E-state index contributed by atoms with van der Waals surface area (Å²) in [4.78, 5) is 0. The van der Waals surface area contributed by atoms with Crippen molar-refractivity contribution in [2.24, 2.45) is 0 Å². The van der Waals surface area contributed by atoms with Gasteiger partial charge in [-0.25, -0.2) is 0 Å². The summed E-state index contributed by atoms with van der Waals surface area (Å²) in [6, 6.07) is 10.8. The second kappa shape index (κ2) is 6.49. The van der Waals surface area contributed by atoms with Gasteiger partial charge in [0.2, 0.25) is 0 Å². The van der Waals surface area contributed by atoms with Gasteiger partial charge in [-0.1, -0.05) is 25.5 Å². The van der Waals surface area contributed by atoms with E-state index < -0.39 is 0 Å². The van der Waals surface area contributed by atoms with Gasteiger partial charge in [0.25, 0.3) is 0 Å². The predicted molar refractivity (Wildman–Crippen MR) is 85.2 cm³/mol. The zero-order valence-electron chi connectivity index (χ0n) is 13.6. The lowest BCUT2D eigenvalue weighted by molar-refractivity contribution is -0.896. The number of rotatable bonds is 5. The van der Waals surface area contributed by atoms with Gasteiger partial charge in [0.1, 0.15) is 5.75 Å². The van der Waals surface area contributed by atoms with Gasteiger partial charge in [-0.05, 0) is 24.1 Å². The maximum Gasteiger partial charge on any atom is 0.119 e. The molecule has 3 heteroatoms. The summed E-state index contributed by atoms with van der Waals surface area (Å²) in [6.45, 7) is 5.04. The van der Waals surface area contributed by atoms with E-state index in [-0.39, 0.29) is 5.41 Å². The van der Waals surface area contributed by atoms with E-state index in [9.17, 15) is 5.26 Å². The molecule has 21 heavy (non-hydrogen) atoms. The number of ether oxygens (including phenoxy) is 1. The number of piperidine rings is 1. The molecule has 0 bridgehead atoms. The average Bonchev–Trinajstić information content (AvgIpc) is 2.49. The first-order chi connectivity index (χ1) is 10.0. The lowest BCUT2D eigenvalue weighted by Gasteiger charge is -2.41. The van der Waals surface area contributed by atoms with Crippen molar-refractivity contribution in [1.82, 2.24) is 0 Å². The zero-order chi connectivity index (χ0) is 15.3. The topological polar surface area (TPSA) is 33.0 Å². The summed E-state index contributed by atoms with van der Waals surface area (Å²) < 4.78 is 6.72. The first-order valence-electron chi connectivity index (χ1n) is 7.98. The van der Waals surface area contributed by atoms with Crippen LogP contribution in [0.2, 0.25) is 0 Å². The molecule has 1 aliphatic rings. The molecule has 0 aliphatic carbocycles. The van der Waals surface area contributed by atoms with Crippen molar-refractivity contribution < 1.29 is 9.22 Å². The Morgan fingerprint density at radius 1 is 1.19 bits per heavy atom. The molecule has 0 aromatic heterocycles. The Morgan fingerprint density at radius 2 is 1.81 bits per heavy atom. The molecule has 0 spiro atoms. The SMILES string of the molecule is CCCCOc1ccc(C2(C#N)CC[N+](C)(C)CC2)cc1. The number of benzene rings is 1. The summed E-state index contributed by atoms with van der Waals surface area (Å²) in [6.07, 6.45) is 4.10. The lowest BCUT2D eigenvalue weighted by Crippen LogP contribution is -2.50. The molecule has 0 radical (unpaired) electrons. The first kappa shape index (κ1) is 15.9. The Morgan fingerprint density at radius 3 is 2.33 bits per heavy atom. The van der Waals surface area contributed by atoms with Gasteiger partial charge in [0.15, 0.2) is 0 Å². The molecule has 0 unspecified atom stereocenters. The van der Waals surface area contributed by atoms with Crippen molar-refractivity contribution >= 4 is 0 Å². The Labute approximate surface area is 128 Å². The van der Waals surface area contributed by atoms with E-state index in [0.29, 0.717) is 0 Å². The third-order valence-electron chi connectivity index (χ3n) is 4.68. The minimum absolute atomic E-state index is 0.310. The molecule has 0 saturated carbocycles. The van der Waals surface area contributed by atoms with Crippen LogP contribution in [-0.4, -0.2) is 38.3 Å². The van der Waals surface area contributed by atoms with Gasteiger partial charge in [-0.2, -0.15) is 5.26 Å². The zero-order valence-corrected chi connectivity index (χ0v) is 13.6. The standard InChI is InChI=1S/C18H27N2O/c1-4-5-14-21-17-8-6-16(7-9-17)18(15-19)10-12-20(2,3)13-11-18/h6-9H,4-5,10-14H2,1-3H3/q+1. The molecule has 1 fully saturated rings. The van der Waals surface area contributed by atoms with Gasteiger partial charge in [0.05, 0.1) is 45.3 Å². The highest BCUT2D eigenvalue weighted by atomic mass is 16.5. The van der Waals surface area contributed by atoms with E-state index in [2.05, 4.69) is 39.2 Å². The van der Waals surface area contributed by atoms with Gasteiger partial charge >= 0.3 is 0 Å². The van der Waals surface area contributed by atoms with Crippen LogP contribution in [0, 0.1) is 11.3 Å². The molecule has 1 aliphatic heterocycles. The van der Waals surface area contributed by atoms with E-state index in [1.54, 1.807) is 0 Å². The lowest BCUT2D eigenvalue weighted by atomic mass is 9.73. The predicted octanol–water partition coefficient (Wildman–Crippen LogP) is 3.50. The van der Waals surface area contributed by atoms with Crippen LogP contribution < -0.4 is 4.74 Å². The fraction of sp³-hybridized carbons (Fsp3) is 0.611. The van der Waals surface area contributed by atoms with Crippen LogP contribution in [0.1, 0.15) is 38.2 Å². The van der Waals surface area contributed by atoms with Crippen LogP contribution in [0.3, 0.4) is 0 Å². The number of quaternary nitrogens is 1. The van der Waals surface area contributed by atoms with Crippen molar-refractivity contribution in [2.75, 3.05) is 33.8 Å². The Balaban J connectivity index is 2.08. The fourth-order valence-corrected chi connectivity index (χ4v) is 2.89. The van der Waals surface area contributed by atoms with Crippen LogP contribution in [0.5, 0.6) is 5.75 Å². The van der Waals surface area contributed by atoms with E-state index in [1.165, 1.54) is 0 Å². The monoisotopic (exact) mass is 287 g/mol. The average molecular weight is 287 g/mol. The number of hydrogen-bond acceptors (Lipinski definition) is 2. The van der Waals surface area contributed by atoms with Crippen LogP contribution in [0.4, 0.5) is 0 Å². The molecule has 0 amide bonds. The minimum atomic E-state index is -0.310. The van der Waals surface area contributed by atoms with Crippen LogP contribution in [-0.2, 0) is 5.41 Å². The third kappa shape index (κ3) is 3.77. The molecule has 1 aromatic rings. The number of nitrogens with zero attached hydrogens (tertiary/aromatic N) is 2. The van der Waals surface area contributed by atoms with Crippen LogP contribution in [0.25, 0.3) is 0 Å². The Kier molecular flexibility index (Phi) is 4.90. The number of unbranched alkanes of at least 4 members (excludes halogenated alkanes) is 1. The second-order valence-electron chi connectivity index (χ2n) is 6.80. The minimum Gasteiger partial charge on any atom is -0.494 e. The van der Waals surface area contributed by atoms with Crippen LogP contribution in [0.15, 0.2) is 24.3 Å². The largest absolute Gasteiger partial charge is 0.494 e. The highest BCUT2D eigenvalue weighted by Crippen LogP contribution is 2.36. The van der Waals surface area contributed by atoms with Crippen molar-refractivity contribution in [2.45, 2.75) is 38.0 Å². The summed E-state index contributed by atoms with van der Waals surface area (Å²) in [7, 11) is 4.48. The summed E-state index contributed by atoms with van der Waals surface area (Å²) in [5, 5.41) is 9.72. The maximum atomic E-state index is 9.72. The Hall–Kier alpha value is -1.53. The summed E-state index contributed by atoms with van der Waals surface area (Å²) >= 11 is 0. The van der Waals surface area contributed by atoms with E-state index >= 15 is 0 Å². The van der Waals surface area contributed by atoms with Crippen molar-refractivity contribution in [1.29, 1.82) is 5.26 Å². The molecule has 1 heterocycles. The second-order valence-corrected chi connectivity index (χ2v) is 6.80. The highest BCUT2D eigenvalue weighted by Gasteiger charge is 2.40. The molecule has 1 aromatic carbocycles. The van der Waals surface area contributed by atoms with E-state index in [0.717, 1.165) is 61.2 Å². The number of hydrogen-bond donors (Lipinski definition) is 0. The Bertz CT molecular complexity index is 489. The number of likely N-dealkylation sites (tertiary alicyclic amines) is 1. The van der Waals surface area contributed by atoms with Crippen molar-refractivity contribution in [3.05, 3.63) is 29.8 Å². The van der Waals surface area contributed by atoms with Gasteiger partial charge in [-0.3, -0.25) is 0 Å². The third-order valence-corrected chi connectivity index (χ3v) is 4.68. The van der Waals surface area contributed by atoms with Crippen molar-refractivity contribution in [3.8, 4) is 11.8 Å². The van der Waals surface area contributed by atoms with Gasteiger partial charge in [0, 0.05) is 12.8 Å². The molecule has 2 rings (SSSR count). The molecule has 0 N–H and O–H groups in total. The molecule has 1 saturated heterocycles. The fourth-order valence-electron chi connectivity index (χ4n) is 2.89. The summed E-state index contributed by atoms with van der Waals surface area (Å²) in [5.41, 5.74) is 0.836. The molecule has 0 atom stereocenters. The van der Waals surface area contributed by atoms with Gasteiger partial charge < -0.3 is 9.22 Å². The van der Waals surface area contributed by atoms with E-state index in [4.69, 9.17) is 4.74 Å². The normalized spacial score (nSPS) is 19.7. The maximum absolute atomic E-state index is 9.72. The highest BCUT2D eigenvalue weighted by molar-refractivity contribution is 5.37. The smallest absolute Gasteiger partial charge is 0.119 e. The molecular formula is C18H27N2O+. The first-order valence-corrected chi connectivity index (χ1v) is 7.98. The van der Waals surface area contributed by atoms with E-state index in [1.807, 2.05) is 12.1 Å². The van der Waals surface area contributed by atoms with Crippen molar-refractivity contribution in [3.63, 3.8) is 0 Å². The number of nitriles is 1. The summed E-state index contributed by atoms with van der Waals surface area (Å²) in [5.74, 6) is 0.909. The quantitative estimate of drug-likeness (QED) is 0.613. The molecule has 114 valence electrons. The van der Waals surface area contributed by atoms with Crippen LogP contribution >= 0.6 is 0 Å². The molecular weight excluding hydrogens is 260 g/mol. The van der Waals surface area contributed by atoms with Gasteiger partial charge in [-0.15, -0.1) is 0 Å². The molecule has 3 nitrogen and oxygen atoms in total.